The van der Waals surface area contributed by atoms with Crippen molar-refractivity contribution < 1.29 is 17.9 Å². The summed E-state index contributed by atoms with van der Waals surface area (Å²) in [6.45, 7) is -2.75. The molecule has 3 aromatic carbocycles. The van der Waals surface area contributed by atoms with Gasteiger partial charge in [0.25, 0.3) is 0 Å². The van der Waals surface area contributed by atoms with E-state index >= 15 is 0 Å². The summed E-state index contributed by atoms with van der Waals surface area (Å²) in [5.74, 6) is 0.448. The van der Waals surface area contributed by atoms with Crippen molar-refractivity contribution in [3.8, 4) is 11.4 Å². The Balaban J connectivity index is 1.45. The van der Waals surface area contributed by atoms with Crippen LogP contribution >= 0.6 is 11.8 Å². The van der Waals surface area contributed by atoms with Gasteiger partial charge < -0.3 is 4.74 Å². The van der Waals surface area contributed by atoms with Gasteiger partial charge in [-0.2, -0.15) is 8.78 Å². The Morgan fingerprint density at radius 1 is 0.853 bits per heavy atom. The minimum Gasteiger partial charge on any atom is -0.483 e. The Bertz CT molecular complexity index is 1420. The molecule has 172 valence electrons. The number of ether oxygens (including phenoxy) is 1. The number of hydrogen-bond acceptors (Lipinski definition) is 5. The summed E-state index contributed by atoms with van der Waals surface area (Å²) in [4.78, 5) is 4.38. The summed E-state index contributed by atoms with van der Waals surface area (Å²) in [6, 6.07) is 22.2. The third kappa shape index (κ3) is 4.36. The zero-order valence-electron chi connectivity index (χ0n) is 17.7. The van der Waals surface area contributed by atoms with Crippen LogP contribution in [-0.2, 0) is 12.4 Å². The molecule has 0 saturated carbocycles. The fraction of sp³-hybridized carbons (Fsp3) is 0.125. The second-order valence-electron chi connectivity index (χ2n) is 7.24. The van der Waals surface area contributed by atoms with Gasteiger partial charge in [0.15, 0.2) is 22.5 Å². The summed E-state index contributed by atoms with van der Waals surface area (Å²) in [5.41, 5.74) is 1.64. The zero-order valence-corrected chi connectivity index (χ0v) is 18.5. The summed E-state index contributed by atoms with van der Waals surface area (Å²) in [6.07, 6.45) is 0. The lowest BCUT2D eigenvalue weighted by atomic mass is 10.3. The van der Waals surface area contributed by atoms with E-state index in [1.165, 1.54) is 23.9 Å². The monoisotopic (exact) mass is 481 g/mol. The molecule has 34 heavy (non-hydrogen) atoms. The van der Waals surface area contributed by atoms with Crippen LogP contribution in [0.3, 0.4) is 0 Å². The fourth-order valence-electron chi connectivity index (χ4n) is 3.57. The maximum absolute atomic E-state index is 14.0. The standard InChI is InChI=1S/C24H18F3N5OS/c25-17-10-4-7-13-20(17)33-14-21-29-30-24(31(21)16-8-2-1-3-9-16)34-15-22-28-18-11-5-6-12-19(18)32(22)23(26)27/h1-13,23H,14-15H2. The van der Waals surface area contributed by atoms with Crippen LogP contribution in [0.1, 0.15) is 18.2 Å². The average molecular weight is 482 g/mol. The number of benzene rings is 3. The molecule has 0 bridgehead atoms. The number of hydrogen-bond donors (Lipinski definition) is 0. The van der Waals surface area contributed by atoms with Crippen LogP contribution in [0.5, 0.6) is 5.75 Å². The smallest absolute Gasteiger partial charge is 0.320 e. The van der Waals surface area contributed by atoms with Crippen LogP contribution in [0.15, 0.2) is 84.0 Å². The van der Waals surface area contributed by atoms with Crippen LogP contribution in [0.25, 0.3) is 16.7 Å². The van der Waals surface area contributed by atoms with Crippen LogP contribution in [0.4, 0.5) is 13.2 Å². The van der Waals surface area contributed by atoms with Crippen LogP contribution in [0.2, 0.25) is 0 Å². The average Bonchev–Trinajstić information content (AvgIpc) is 3.43. The van der Waals surface area contributed by atoms with E-state index < -0.39 is 12.4 Å². The molecule has 0 atom stereocenters. The zero-order chi connectivity index (χ0) is 23.5. The van der Waals surface area contributed by atoms with Crippen molar-refractivity contribution >= 4 is 22.8 Å². The van der Waals surface area contributed by atoms with Gasteiger partial charge in [-0.3, -0.25) is 9.13 Å². The first-order valence-electron chi connectivity index (χ1n) is 10.4. The Morgan fingerprint density at radius 2 is 1.59 bits per heavy atom. The molecule has 0 spiro atoms. The number of rotatable bonds is 8. The fourth-order valence-corrected chi connectivity index (χ4v) is 4.47. The molecule has 10 heteroatoms. The molecule has 0 N–H and O–H groups in total. The van der Waals surface area contributed by atoms with E-state index in [1.807, 2.05) is 30.3 Å². The van der Waals surface area contributed by atoms with Gasteiger partial charge in [-0.05, 0) is 36.4 Å². The molecule has 0 unspecified atom stereocenters. The molecule has 5 aromatic rings. The van der Waals surface area contributed by atoms with Crippen molar-refractivity contribution in [2.75, 3.05) is 0 Å². The molecule has 5 rings (SSSR count). The quantitative estimate of drug-likeness (QED) is 0.254. The molecule has 0 aliphatic heterocycles. The topological polar surface area (TPSA) is 57.8 Å². The molecular formula is C24H18F3N5OS. The van der Waals surface area contributed by atoms with Gasteiger partial charge in [-0.25, -0.2) is 9.37 Å². The number of alkyl halides is 2. The molecule has 0 saturated heterocycles. The number of para-hydroxylation sites is 4. The third-order valence-electron chi connectivity index (χ3n) is 5.10. The van der Waals surface area contributed by atoms with E-state index in [2.05, 4.69) is 15.2 Å². The van der Waals surface area contributed by atoms with Crippen LogP contribution < -0.4 is 4.74 Å². The Hall–Kier alpha value is -3.79. The highest BCUT2D eigenvalue weighted by Crippen LogP contribution is 2.30. The SMILES string of the molecule is Fc1ccccc1OCc1nnc(SCc2nc3ccccc3n2C(F)F)n1-c1ccccc1. The van der Waals surface area contributed by atoms with E-state index in [4.69, 9.17) is 4.74 Å². The van der Waals surface area contributed by atoms with E-state index in [1.54, 1.807) is 41.0 Å². The number of thioether (sulfide) groups is 1. The maximum atomic E-state index is 14.0. The van der Waals surface area contributed by atoms with Gasteiger partial charge in [0.1, 0.15) is 12.4 Å². The first-order chi connectivity index (χ1) is 16.6. The number of fused-ring (bicyclic) bond motifs is 1. The highest BCUT2D eigenvalue weighted by molar-refractivity contribution is 7.98. The minimum atomic E-state index is -2.72. The van der Waals surface area contributed by atoms with Gasteiger partial charge in [0.05, 0.1) is 16.8 Å². The van der Waals surface area contributed by atoms with E-state index in [0.717, 1.165) is 10.3 Å². The van der Waals surface area contributed by atoms with Gasteiger partial charge in [-0.15, -0.1) is 10.2 Å². The van der Waals surface area contributed by atoms with E-state index in [9.17, 15) is 13.2 Å². The Morgan fingerprint density at radius 3 is 2.38 bits per heavy atom. The van der Waals surface area contributed by atoms with Crippen molar-refractivity contribution in [2.45, 2.75) is 24.1 Å². The highest BCUT2D eigenvalue weighted by Gasteiger charge is 2.20. The van der Waals surface area contributed by atoms with Crippen LogP contribution in [-0.4, -0.2) is 24.3 Å². The molecule has 2 aromatic heterocycles. The van der Waals surface area contributed by atoms with Gasteiger partial charge in [0.2, 0.25) is 0 Å². The predicted octanol–water partition coefficient (Wildman–Crippen LogP) is 6.02. The summed E-state index contributed by atoms with van der Waals surface area (Å²) in [5, 5.41) is 8.95. The second kappa shape index (κ2) is 9.60. The normalized spacial score (nSPS) is 11.4. The molecule has 6 nitrogen and oxygen atoms in total. The lowest BCUT2D eigenvalue weighted by molar-refractivity contribution is 0.0722. The van der Waals surface area contributed by atoms with Crippen LogP contribution in [0, 0.1) is 5.82 Å². The summed E-state index contributed by atoms with van der Waals surface area (Å²) < 4.78 is 49.9. The van der Waals surface area contributed by atoms with Crippen molar-refractivity contribution in [3.63, 3.8) is 0 Å². The molecule has 2 heterocycles. The highest BCUT2D eigenvalue weighted by atomic mass is 32.2. The largest absolute Gasteiger partial charge is 0.483 e. The van der Waals surface area contributed by atoms with Gasteiger partial charge >= 0.3 is 6.55 Å². The lowest BCUT2D eigenvalue weighted by Crippen LogP contribution is -2.08. The molecule has 0 fully saturated rings. The summed E-state index contributed by atoms with van der Waals surface area (Å²) in [7, 11) is 0. The molecule has 0 amide bonds. The first-order valence-corrected chi connectivity index (χ1v) is 11.3. The number of halogens is 3. The molecule has 0 radical (unpaired) electrons. The summed E-state index contributed by atoms with van der Waals surface area (Å²) >= 11 is 1.23. The number of nitrogens with zero attached hydrogens (tertiary/aromatic N) is 5. The first kappa shape index (κ1) is 22.0. The molecule has 0 aliphatic carbocycles. The molecular weight excluding hydrogens is 463 g/mol. The molecule has 0 aliphatic rings. The number of aromatic nitrogens is 5. The van der Waals surface area contributed by atoms with Crippen molar-refractivity contribution in [1.82, 2.24) is 24.3 Å². The lowest BCUT2D eigenvalue weighted by Gasteiger charge is -2.12. The van der Waals surface area contributed by atoms with Gasteiger partial charge in [0, 0.05) is 5.69 Å². The predicted molar refractivity (Wildman–Crippen MR) is 123 cm³/mol. The Labute approximate surface area is 197 Å². The van der Waals surface area contributed by atoms with Gasteiger partial charge in [-0.1, -0.05) is 54.2 Å². The van der Waals surface area contributed by atoms with Crippen molar-refractivity contribution in [3.05, 3.63) is 96.3 Å². The van der Waals surface area contributed by atoms with E-state index in [-0.39, 0.29) is 23.9 Å². The minimum absolute atomic E-state index is 0.0288. The third-order valence-corrected chi connectivity index (χ3v) is 6.03. The van der Waals surface area contributed by atoms with Crippen molar-refractivity contribution in [2.24, 2.45) is 0 Å². The Kier molecular flexibility index (Phi) is 6.22. The van der Waals surface area contributed by atoms with Crippen molar-refractivity contribution in [1.29, 1.82) is 0 Å². The van der Waals surface area contributed by atoms with E-state index in [0.29, 0.717) is 22.0 Å². The second-order valence-corrected chi connectivity index (χ2v) is 8.18. The number of imidazole rings is 1. The maximum Gasteiger partial charge on any atom is 0.320 e.